The number of thioether (sulfide) groups is 1. The molecule has 26 heavy (non-hydrogen) atoms. The average molecular weight is 377 g/mol. The summed E-state index contributed by atoms with van der Waals surface area (Å²) in [4.78, 5) is 14.8. The summed E-state index contributed by atoms with van der Waals surface area (Å²) in [5.41, 5.74) is 0.287. The highest BCUT2D eigenvalue weighted by Gasteiger charge is 2.30. The van der Waals surface area contributed by atoms with Crippen LogP contribution in [0.4, 0.5) is 4.39 Å². The first kappa shape index (κ1) is 18.7. The largest absolute Gasteiger partial charge is 0.339 e. The molecule has 1 aliphatic heterocycles. The van der Waals surface area contributed by atoms with Gasteiger partial charge in [-0.05, 0) is 44.7 Å². The number of nitrogen functional groups attached to an aromatic ring is 1. The maximum Gasteiger partial charge on any atom is 0.236 e. The lowest BCUT2D eigenvalue weighted by Gasteiger charge is -2.36. The lowest BCUT2D eigenvalue weighted by atomic mass is 10.00. The zero-order valence-corrected chi connectivity index (χ0v) is 15.9. The molecular formula is C18H24FN5OS. The van der Waals surface area contributed by atoms with Gasteiger partial charge in [0.15, 0.2) is 5.82 Å². The Hall–Kier alpha value is -2.09. The maximum absolute atomic E-state index is 14.0. The number of carbonyl (C=O) groups is 1. The van der Waals surface area contributed by atoms with Crippen molar-refractivity contribution in [2.45, 2.75) is 56.0 Å². The molecule has 0 bridgehead atoms. The number of benzene rings is 1. The predicted molar refractivity (Wildman–Crippen MR) is 101 cm³/mol. The molecule has 1 aromatic carbocycles. The highest BCUT2D eigenvalue weighted by Crippen LogP contribution is 2.29. The number of carbonyl (C=O) groups excluding carboxylic acids is 1. The number of nitrogens with zero attached hydrogens (tertiary/aromatic N) is 4. The van der Waals surface area contributed by atoms with E-state index in [4.69, 9.17) is 5.84 Å². The van der Waals surface area contributed by atoms with Crippen molar-refractivity contribution in [1.82, 2.24) is 19.8 Å². The van der Waals surface area contributed by atoms with Gasteiger partial charge in [-0.1, -0.05) is 30.8 Å². The highest BCUT2D eigenvalue weighted by molar-refractivity contribution is 8.00. The van der Waals surface area contributed by atoms with E-state index in [2.05, 4.69) is 17.1 Å². The topological polar surface area (TPSA) is 77.0 Å². The zero-order chi connectivity index (χ0) is 18.7. The number of aromatic nitrogens is 3. The fraction of sp³-hybridized carbons (Fsp3) is 0.500. The molecule has 1 saturated heterocycles. The second-order valence-corrected chi connectivity index (χ2v) is 7.81. The van der Waals surface area contributed by atoms with Crippen LogP contribution in [0.25, 0.3) is 11.4 Å². The molecule has 2 N–H and O–H groups in total. The van der Waals surface area contributed by atoms with Crippen LogP contribution in [-0.2, 0) is 4.79 Å². The van der Waals surface area contributed by atoms with Crippen molar-refractivity contribution in [2.24, 2.45) is 0 Å². The molecule has 0 aliphatic carbocycles. The van der Waals surface area contributed by atoms with Crippen molar-refractivity contribution in [3.8, 4) is 11.4 Å². The smallest absolute Gasteiger partial charge is 0.236 e. The summed E-state index contributed by atoms with van der Waals surface area (Å²) in [6.45, 7) is 4.77. The van der Waals surface area contributed by atoms with Crippen molar-refractivity contribution >= 4 is 17.7 Å². The van der Waals surface area contributed by atoms with E-state index in [9.17, 15) is 9.18 Å². The molecule has 2 atom stereocenters. The van der Waals surface area contributed by atoms with Crippen molar-refractivity contribution in [3.05, 3.63) is 30.1 Å². The first-order valence-electron chi connectivity index (χ1n) is 8.95. The van der Waals surface area contributed by atoms with E-state index in [1.807, 2.05) is 11.8 Å². The van der Waals surface area contributed by atoms with Gasteiger partial charge in [-0.15, -0.1) is 10.2 Å². The Bertz CT molecular complexity index is 781. The number of halogens is 1. The van der Waals surface area contributed by atoms with Crippen LogP contribution in [0.2, 0.25) is 0 Å². The van der Waals surface area contributed by atoms with Gasteiger partial charge in [0.05, 0.1) is 10.8 Å². The maximum atomic E-state index is 14.0. The Morgan fingerprint density at radius 1 is 1.38 bits per heavy atom. The van der Waals surface area contributed by atoms with Crippen molar-refractivity contribution in [2.75, 3.05) is 12.4 Å². The number of hydrogen-bond acceptors (Lipinski definition) is 5. The number of piperidine rings is 1. The molecular weight excluding hydrogens is 353 g/mol. The molecule has 6 nitrogen and oxygen atoms in total. The predicted octanol–water partition coefficient (Wildman–Crippen LogP) is 3.07. The molecule has 8 heteroatoms. The number of nitrogens with two attached hydrogens (primary N) is 1. The second kappa shape index (κ2) is 8.07. The van der Waals surface area contributed by atoms with E-state index in [1.54, 1.807) is 18.2 Å². The molecule has 2 unspecified atom stereocenters. The summed E-state index contributed by atoms with van der Waals surface area (Å²) in [6, 6.07) is 6.59. The van der Waals surface area contributed by atoms with Crippen molar-refractivity contribution in [1.29, 1.82) is 0 Å². The van der Waals surface area contributed by atoms with Crippen molar-refractivity contribution in [3.63, 3.8) is 0 Å². The molecule has 0 radical (unpaired) electrons. The molecule has 3 rings (SSSR count). The van der Waals surface area contributed by atoms with E-state index < -0.39 is 5.82 Å². The Kier molecular flexibility index (Phi) is 5.80. The first-order valence-corrected chi connectivity index (χ1v) is 9.83. The van der Waals surface area contributed by atoms with Gasteiger partial charge >= 0.3 is 0 Å². The summed E-state index contributed by atoms with van der Waals surface area (Å²) in [6.07, 6.45) is 4.24. The van der Waals surface area contributed by atoms with Crippen LogP contribution in [-0.4, -0.2) is 43.5 Å². The van der Waals surface area contributed by atoms with Gasteiger partial charge < -0.3 is 10.7 Å². The van der Waals surface area contributed by atoms with Gasteiger partial charge in [0.2, 0.25) is 11.1 Å². The number of rotatable bonds is 5. The van der Waals surface area contributed by atoms with Crippen LogP contribution in [0.3, 0.4) is 0 Å². The van der Waals surface area contributed by atoms with Crippen LogP contribution in [0.5, 0.6) is 0 Å². The minimum absolute atomic E-state index is 0.0944. The number of likely N-dealkylation sites (tertiary alicyclic amines) is 1. The molecule has 0 spiro atoms. The Labute approximate surface area is 156 Å². The minimum Gasteiger partial charge on any atom is -0.339 e. The molecule has 0 saturated carbocycles. The summed E-state index contributed by atoms with van der Waals surface area (Å²) < 4.78 is 15.2. The Morgan fingerprint density at radius 2 is 2.15 bits per heavy atom. The van der Waals surface area contributed by atoms with Crippen LogP contribution >= 0.6 is 11.8 Å². The fourth-order valence-corrected chi connectivity index (χ4v) is 4.18. The third-order valence-corrected chi connectivity index (χ3v) is 5.84. The first-order chi connectivity index (χ1) is 12.5. The van der Waals surface area contributed by atoms with Crippen molar-refractivity contribution < 1.29 is 9.18 Å². The van der Waals surface area contributed by atoms with Crippen LogP contribution in [0.15, 0.2) is 29.4 Å². The quantitative estimate of drug-likeness (QED) is 0.640. The van der Waals surface area contributed by atoms with Crippen LogP contribution in [0.1, 0.15) is 39.5 Å². The third kappa shape index (κ3) is 3.70. The summed E-state index contributed by atoms with van der Waals surface area (Å²) in [5.74, 6) is 5.99. The second-order valence-electron chi connectivity index (χ2n) is 6.51. The average Bonchev–Trinajstić information content (AvgIpc) is 3.01. The monoisotopic (exact) mass is 377 g/mol. The fourth-order valence-electron chi connectivity index (χ4n) is 3.34. The molecule has 2 aromatic rings. The van der Waals surface area contributed by atoms with Gasteiger partial charge in [0.25, 0.3) is 0 Å². The highest BCUT2D eigenvalue weighted by atomic mass is 32.2. The van der Waals surface area contributed by atoms with E-state index in [1.165, 1.54) is 28.9 Å². The van der Waals surface area contributed by atoms with Gasteiger partial charge in [-0.25, -0.2) is 9.07 Å². The lowest BCUT2D eigenvalue weighted by Crippen LogP contribution is -2.46. The molecule has 1 aromatic heterocycles. The van der Waals surface area contributed by atoms with Crippen LogP contribution < -0.4 is 5.84 Å². The van der Waals surface area contributed by atoms with Gasteiger partial charge in [0, 0.05) is 12.6 Å². The number of hydrogen-bond donors (Lipinski definition) is 1. The molecule has 1 fully saturated rings. The van der Waals surface area contributed by atoms with E-state index in [0.29, 0.717) is 11.2 Å². The minimum atomic E-state index is -0.411. The van der Waals surface area contributed by atoms with Gasteiger partial charge in [-0.2, -0.15) is 0 Å². The van der Waals surface area contributed by atoms with E-state index >= 15 is 0 Å². The Morgan fingerprint density at radius 3 is 2.88 bits per heavy atom. The van der Waals surface area contributed by atoms with E-state index in [0.717, 1.165) is 25.8 Å². The van der Waals surface area contributed by atoms with Crippen LogP contribution in [0, 0.1) is 5.82 Å². The molecule has 1 amide bonds. The summed E-state index contributed by atoms with van der Waals surface area (Å²) >= 11 is 1.26. The SMILES string of the molecule is CCC1CCCCN1C(=O)C(C)Sc1nnc(-c2ccccc2F)n1N. The Balaban J connectivity index is 1.75. The number of amides is 1. The zero-order valence-electron chi connectivity index (χ0n) is 15.1. The van der Waals surface area contributed by atoms with Gasteiger partial charge in [0.1, 0.15) is 5.82 Å². The molecule has 1 aliphatic rings. The van der Waals surface area contributed by atoms with Gasteiger partial charge in [-0.3, -0.25) is 4.79 Å². The molecule has 140 valence electrons. The normalized spacial score (nSPS) is 18.7. The summed E-state index contributed by atoms with van der Waals surface area (Å²) in [7, 11) is 0. The summed E-state index contributed by atoms with van der Waals surface area (Å²) in [5, 5.41) is 8.12. The standard InChI is InChI=1S/C18H24FN5OS/c1-3-13-8-6-7-11-23(13)17(25)12(2)26-18-22-21-16(24(18)20)14-9-4-5-10-15(14)19/h4-5,9-10,12-13H,3,6-8,11,20H2,1-2H3. The van der Waals surface area contributed by atoms with E-state index in [-0.39, 0.29) is 22.5 Å². The third-order valence-electron chi connectivity index (χ3n) is 4.79. The molecule has 2 heterocycles. The lowest BCUT2D eigenvalue weighted by molar-refractivity contribution is -0.134.